The smallest absolute Gasteiger partial charge is 0.223 e. The SMILES string of the molecule is CCC1(CNc2nccc(C#N)n2)CCC1. The van der Waals surface area contributed by atoms with Crippen molar-refractivity contribution in [3.8, 4) is 6.07 Å². The van der Waals surface area contributed by atoms with Crippen LogP contribution in [-0.4, -0.2) is 16.5 Å². The maximum Gasteiger partial charge on any atom is 0.223 e. The molecule has 4 heteroatoms. The monoisotopic (exact) mass is 216 g/mol. The second-order valence-corrected chi connectivity index (χ2v) is 4.44. The van der Waals surface area contributed by atoms with Crippen LogP contribution < -0.4 is 5.32 Å². The van der Waals surface area contributed by atoms with E-state index in [4.69, 9.17) is 5.26 Å². The van der Waals surface area contributed by atoms with E-state index in [-0.39, 0.29) is 0 Å². The lowest BCUT2D eigenvalue weighted by atomic mass is 9.67. The molecule has 4 nitrogen and oxygen atoms in total. The lowest BCUT2D eigenvalue weighted by Crippen LogP contribution is -2.36. The highest BCUT2D eigenvalue weighted by Gasteiger charge is 2.34. The highest BCUT2D eigenvalue weighted by atomic mass is 15.1. The number of anilines is 1. The van der Waals surface area contributed by atoms with Crippen LogP contribution >= 0.6 is 0 Å². The third kappa shape index (κ3) is 2.13. The number of hydrogen-bond acceptors (Lipinski definition) is 4. The molecular formula is C12H16N4. The fourth-order valence-corrected chi connectivity index (χ4v) is 2.10. The summed E-state index contributed by atoms with van der Waals surface area (Å²) in [7, 11) is 0. The average Bonchev–Trinajstić information content (AvgIpc) is 2.29. The Balaban J connectivity index is 1.96. The van der Waals surface area contributed by atoms with Crippen LogP contribution in [0.3, 0.4) is 0 Å². The molecule has 1 aromatic heterocycles. The Hall–Kier alpha value is -1.63. The van der Waals surface area contributed by atoms with Crippen molar-refractivity contribution in [3.05, 3.63) is 18.0 Å². The molecule has 0 saturated heterocycles. The normalized spacial score (nSPS) is 17.2. The second-order valence-electron chi connectivity index (χ2n) is 4.44. The third-order valence-electron chi connectivity index (χ3n) is 3.56. The molecule has 0 aromatic carbocycles. The summed E-state index contributed by atoms with van der Waals surface area (Å²) >= 11 is 0. The van der Waals surface area contributed by atoms with Gasteiger partial charge in [0.05, 0.1) is 0 Å². The molecule has 1 saturated carbocycles. The predicted molar refractivity (Wildman–Crippen MR) is 61.8 cm³/mol. The summed E-state index contributed by atoms with van der Waals surface area (Å²) in [5.41, 5.74) is 0.850. The standard InChI is InChI=1S/C12H16N4/c1-2-12(5-3-6-12)9-15-11-14-7-4-10(8-13)16-11/h4,7H,2-3,5-6,9H2,1H3,(H,14,15,16). The summed E-state index contributed by atoms with van der Waals surface area (Å²) in [6, 6.07) is 3.63. The van der Waals surface area contributed by atoms with Gasteiger partial charge in [-0.15, -0.1) is 0 Å². The quantitative estimate of drug-likeness (QED) is 0.839. The zero-order valence-corrected chi connectivity index (χ0v) is 9.53. The second kappa shape index (κ2) is 4.48. The van der Waals surface area contributed by atoms with Crippen molar-refractivity contribution in [1.29, 1.82) is 5.26 Å². The van der Waals surface area contributed by atoms with Gasteiger partial charge in [0, 0.05) is 12.7 Å². The maximum absolute atomic E-state index is 8.73. The molecule has 0 atom stereocenters. The van der Waals surface area contributed by atoms with Gasteiger partial charge in [-0.1, -0.05) is 13.3 Å². The van der Waals surface area contributed by atoms with E-state index < -0.39 is 0 Å². The zero-order valence-electron chi connectivity index (χ0n) is 9.53. The zero-order chi connectivity index (χ0) is 11.4. The summed E-state index contributed by atoms with van der Waals surface area (Å²) in [5, 5.41) is 12.0. The van der Waals surface area contributed by atoms with Gasteiger partial charge in [-0.2, -0.15) is 5.26 Å². The molecule has 1 heterocycles. The van der Waals surface area contributed by atoms with Crippen LogP contribution in [-0.2, 0) is 0 Å². The molecule has 1 aliphatic carbocycles. The molecule has 0 unspecified atom stereocenters. The number of nitrogens with one attached hydrogen (secondary N) is 1. The van der Waals surface area contributed by atoms with E-state index in [0.717, 1.165) is 6.54 Å². The first-order valence-electron chi connectivity index (χ1n) is 5.75. The molecule has 1 fully saturated rings. The molecule has 1 aliphatic rings. The first kappa shape index (κ1) is 10.9. The highest BCUT2D eigenvalue weighted by Crippen LogP contribution is 2.43. The van der Waals surface area contributed by atoms with E-state index in [1.807, 2.05) is 6.07 Å². The summed E-state index contributed by atoms with van der Waals surface area (Å²) in [6.45, 7) is 3.14. The molecule has 84 valence electrons. The molecular weight excluding hydrogens is 200 g/mol. The van der Waals surface area contributed by atoms with Crippen LogP contribution in [0.15, 0.2) is 12.3 Å². The highest BCUT2D eigenvalue weighted by molar-refractivity contribution is 5.30. The molecule has 0 amide bonds. The van der Waals surface area contributed by atoms with Gasteiger partial charge < -0.3 is 5.32 Å². The van der Waals surface area contributed by atoms with Crippen LogP contribution in [0.1, 0.15) is 38.3 Å². The maximum atomic E-state index is 8.73. The van der Waals surface area contributed by atoms with Crippen molar-refractivity contribution in [2.24, 2.45) is 5.41 Å². The van der Waals surface area contributed by atoms with Crippen molar-refractivity contribution in [1.82, 2.24) is 9.97 Å². The van der Waals surface area contributed by atoms with Crippen molar-refractivity contribution < 1.29 is 0 Å². The van der Waals surface area contributed by atoms with Gasteiger partial charge in [-0.3, -0.25) is 0 Å². The number of rotatable bonds is 4. The van der Waals surface area contributed by atoms with Gasteiger partial charge in [-0.05, 0) is 30.7 Å². The Bertz CT molecular complexity index is 398. The van der Waals surface area contributed by atoms with Crippen molar-refractivity contribution in [3.63, 3.8) is 0 Å². The molecule has 16 heavy (non-hydrogen) atoms. The van der Waals surface area contributed by atoms with Gasteiger partial charge in [0.25, 0.3) is 0 Å². The molecule has 1 aromatic rings. The lowest BCUT2D eigenvalue weighted by molar-refractivity contribution is 0.144. The summed E-state index contributed by atoms with van der Waals surface area (Å²) in [4.78, 5) is 8.21. The fourth-order valence-electron chi connectivity index (χ4n) is 2.10. The van der Waals surface area contributed by atoms with Crippen molar-refractivity contribution in [2.75, 3.05) is 11.9 Å². The minimum Gasteiger partial charge on any atom is -0.354 e. The van der Waals surface area contributed by atoms with E-state index in [0.29, 0.717) is 17.1 Å². The Labute approximate surface area is 95.7 Å². The van der Waals surface area contributed by atoms with Crippen LogP contribution in [0, 0.1) is 16.7 Å². The molecule has 0 bridgehead atoms. The largest absolute Gasteiger partial charge is 0.354 e. The number of aromatic nitrogens is 2. The van der Waals surface area contributed by atoms with Gasteiger partial charge in [0.1, 0.15) is 11.8 Å². The van der Waals surface area contributed by atoms with E-state index in [9.17, 15) is 0 Å². The third-order valence-corrected chi connectivity index (χ3v) is 3.56. The van der Waals surface area contributed by atoms with Crippen LogP contribution in [0.2, 0.25) is 0 Å². The molecule has 0 aliphatic heterocycles. The molecule has 2 rings (SSSR count). The first-order valence-corrected chi connectivity index (χ1v) is 5.75. The number of nitriles is 1. The first-order chi connectivity index (χ1) is 7.78. The fraction of sp³-hybridized carbons (Fsp3) is 0.583. The Morgan fingerprint density at radius 2 is 2.38 bits per heavy atom. The number of hydrogen-bond donors (Lipinski definition) is 1. The van der Waals surface area contributed by atoms with Gasteiger partial charge >= 0.3 is 0 Å². The van der Waals surface area contributed by atoms with E-state index in [2.05, 4.69) is 22.2 Å². The Morgan fingerprint density at radius 3 is 2.94 bits per heavy atom. The summed E-state index contributed by atoms with van der Waals surface area (Å²) < 4.78 is 0. The topological polar surface area (TPSA) is 61.6 Å². The minimum absolute atomic E-state index is 0.414. The van der Waals surface area contributed by atoms with E-state index in [1.165, 1.54) is 25.7 Å². The summed E-state index contributed by atoms with van der Waals surface area (Å²) in [5.74, 6) is 0.568. The average molecular weight is 216 g/mol. The van der Waals surface area contributed by atoms with Crippen LogP contribution in [0.5, 0.6) is 0 Å². The van der Waals surface area contributed by atoms with E-state index >= 15 is 0 Å². The van der Waals surface area contributed by atoms with Gasteiger partial charge in [0.2, 0.25) is 5.95 Å². The van der Waals surface area contributed by atoms with Gasteiger partial charge in [0.15, 0.2) is 0 Å². The van der Waals surface area contributed by atoms with Crippen LogP contribution in [0.4, 0.5) is 5.95 Å². The van der Waals surface area contributed by atoms with E-state index in [1.54, 1.807) is 12.3 Å². The van der Waals surface area contributed by atoms with Crippen molar-refractivity contribution >= 4 is 5.95 Å². The minimum atomic E-state index is 0.414. The Kier molecular flexibility index (Phi) is 3.04. The summed E-state index contributed by atoms with van der Waals surface area (Å²) in [6.07, 6.45) is 6.71. The number of nitrogens with zero attached hydrogens (tertiary/aromatic N) is 3. The lowest BCUT2D eigenvalue weighted by Gasteiger charge is -2.41. The molecule has 0 spiro atoms. The molecule has 0 radical (unpaired) electrons. The van der Waals surface area contributed by atoms with Crippen molar-refractivity contribution in [2.45, 2.75) is 32.6 Å². The predicted octanol–water partition coefficient (Wildman–Crippen LogP) is 2.34. The van der Waals surface area contributed by atoms with Gasteiger partial charge in [-0.25, -0.2) is 9.97 Å². The van der Waals surface area contributed by atoms with Crippen LogP contribution in [0.25, 0.3) is 0 Å². The molecule has 1 N–H and O–H groups in total. The Morgan fingerprint density at radius 1 is 1.56 bits per heavy atom.